The SMILES string of the molecule is Cn1ncc(NC(=O)NC(C)(C)CCC(=O)O)c1-c1ccccc1. The van der Waals surface area contributed by atoms with Gasteiger partial charge in [0.05, 0.1) is 17.6 Å². The van der Waals surface area contributed by atoms with E-state index < -0.39 is 17.5 Å². The van der Waals surface area contributed by atoms with Gasteiger partial charge in [-0.1, -0.05) is 30.3 Å². The van der Waals surface area contributed by atoms with E-state index in [0.29, 0.717) is 12.1 Å². The van der Waals surface area contributed by atoms with Crippen molar-refractivity contribution in [2.24, 2.45) is 7.05 Å². The van der Waals surface area contributed by atoms with Crippen LogP contribution in [0.3, 0.4) is 0 Å². The number of anilines is 1. The molecule has 2 rings (SSSR count). The number of carboxylic acids is 1. The molecule has 1 aromatic heterocycles. The van der Waals surface area contributed by atoms with E-state index in [2.05, 4.69) is 15.7 Å². The first kappa shape index (κ1) is 17.5. The fourth-order valence-corrected chi connectivity index (χ4v) is 2.41. The Morgan fingerprint density at radius 2 is 1.92 bits per heavy atom. The van der Waals surface area contributed by atoms with E-state index in [1.54, 1.807) is 24.7 Å². The summed E-state index contributed by atoms with van der Waals surface area (Å²) in [4.78, 5) is 22.9. The van der Waals surface area contributed by atoms with Gasteiger partial charge in [0.15, 0.2) is 0 Å². The molecule has 0 aliphatic rings. The van der Waals surface area contributed by atoms with Crippen LogP contribution < -0.4 is 10.6 Å². The Morgan fingerprint density at radius 3 is 2.54 bits per heavy atom. The van der Waals surface area contributed by atoms with Crippen LogP contribution in [-0.2, 0) is 11.8 Å². The summed E-state index contributed by atoms with van der Waals surface area (Å²) in [5.74, 6) is -0.885. The fourth-order valence-electron chi connectivity index (χ4n) is 2.41. The molecule has 0 bridgehead atoms. The Labute approximate surface area is 140 Å². The van der Waals surface area contributed by atoms with Gasteiger partial charge in [-0.05, 0) is 20.3 Å². The van der Waals surface area contributed by atoms with Gasteiger partial charge < -0.3 is 15.7 Å². The Morgan fingerprint density at radius 1 is 1.25 bits per heavy atom. The van der Waals surface area contributed by atoms with Crippen LogP contribution in [0.15, 0.2) is 36.5 Å². The predicted octanol–water partition coefficient (Wildman–Crippen LogP) is 2.85. The quantitative estimate of drug-likeness (QED) is 0.759. The molecule has 1 heterocycles. The number of urea groups is 1. The van der Waals surface area contributed by atoms with Gasteiger partial charge in [-0.25, -0.2) is 4.79 Å². The van der Waals surface area contributed by atoms with Crippen molar-refractivity contribution in [2.75, 3.05) is 5.32 Å². The van der Waals surface area contributed by atoms with Crippen LogP contribution in [0, 0.1) is 0 Å². The van der Waals surface area contributed by atoms with Gasteiger partial charge in [0.25, 0.3) is 0 Å². The smallest absolute Gasteiger partial charge is 0.319 e. The summed E-state index contributed by atoms with van der Waals surface area (Å²) >= 11 is 0. The summed E-state index contributed by atoms with van der Waals surface area (Å²) < 4.78 is 1.69. The summed E-state index contributed by atoms with van der Waals surface area (Å²) in [5.41, 5.74) is 1.71. The number of amides is 2. The standard InChI is InChI=1S/C17H22N4O3/c1-17(2,10-9-14(22)23)20-16(24)19-13-11-18-21(3)15(13)12-7-5-4-6-8-12/h4-8,11H,9-10H2,1-3H3,(H,22,23)(H2,19,20,24). The van der Waals surface area contributed by atoms with E-state index in [4.69, 9.17) is 5.11 Å². The number of benzene rings is 1. The first-order valence-corrected chi connectivity index (χ1v) is 7.67. The van der Waals surface area contributed by atoms with Gasteiger partial charge in [0, 0.05) is 24.6 Å². The fraction of sp³-hybridized carbons (Fsp3) is 0.353. The number of carbonyl (C=O) groups is 2. The highest BCUT2D eigenvalue weighted by Gasteiger charge is 2.22. The van der Waals surface area contributed by atoms with Crippen LogP contribution in [0.4, 0.5) is 10.5 Å². The number of aryl methyl sites for hydroxylation is 1. The van der Waals surface area contributed by atoms with Gasteiger partial charge in [0.2, 0.25) is 0 Å². The number of nitrogens with zero attached hydrogens (tertiary/aromatic N) is 2. The minimum absolute atomic E-state index is 0.00453. The van der Waals surface area contributed by atoms with E-state index in [-0.39, 0.29) is 6.42 Å². The molecule has 3 N–H and O–H groups in total. The van der Waals surface area contributed by atoms with Gasteiger partial charge in [-0.15, -0.1) is 0 Å². The van der Waals surface area contributed by atoms with Crippen molar-refractivity contribution in [1.82, 2.24) is 15.1 Å². The van der Waals surface area contributed by atoms with Crippen molar-refractivity contribution < 1.29 is 14.7 Å². The zero-order valence-electron chi connectivity index (χ0n) is 14.0. The molecule has 2 aromatic rings. The molecule has 0 spiro atoms. The van der Waals surface area contributed by atoms with E-state index in [9.17, 15) is 9.59 Å². The molecule has 0 aliphatic heterocycles. The second-order valence-electron chi connectivity index (χ2n) is 6.25. The number of carbonyl (C=O) groups excluding carboxylic acids is 1. The lowest BCUT2D eigenvalue weighted by atomic mass is 9.99. The maximum absolute atomic E-state index is 12.3. The molecule has 0 saturated heterocycles. The maximum atomic E-state index is 12.3. The molecule has 0 saturated carbocycles. The summed E-state index contributed by atoms with van der Waals surface area (Å²) in [5, 5.41) is 18.6. The van der Waals surface area contributed by atoms with E-state index in [0.717, 1.165) is 11.3 Å². The minimum Gasteiger partial charge on any atom is -0.481 e. The van der Waals surface area contributed by atoms with Crippen molar-refractivity contribution in [2.45, 2.75) is 32.2 Å². The lowest BCUT2D eigenvalue weighted by Crippen LogP contribution is -2.45. The molecule has 2 amide bonds. The van der Waals surface area contributed by atoms with Crippen molar-refractivity contribution in [3.05, 3.63) is 36.5 Å². The molecular formula is C17H22N4O3. The average molecular weight is 330 g/mol. The number of carboxylic acid groups (broad SMARTS) is 1. The summed E-state index contributed by atoms with van der Waals surface area (Å²) in [6, 6.07) is 9.25. The molecule has 0 atom stereocenters. The zero-order valence-corrected chi connectivity index (χ0v) is 14.0. The molecule has 0 fully saturated rings. The molecule has 1 aromatic carbocycles. The zero-order chi connectivity index (χ0) is 17.7. The largest absolute Gasteiger partial charge is 0.481 e. The van der Waals surface area contributed by atoms with Crippen LogP contribution in [-0.4, -0.2) is 32.4 Å². The second-order valence-corrected chi connectivity index (χ2v) is 6.25. The number of rotatable bonds is 6. The average Bonchev–Trinajstić information content (AvgIpc) is 2.86. The van der Waals surface area contributed by atoms with Crippen molar-refractivity contribution in [3.8, 4) is 11.3 Å². The van der Waals surface area contributed by atoms with E-state index in [1.165, 1.54) is 0 Å². The van der Waals surface area contributed by atoms with Gasteiger partial charge in [-0.2, -0.15) is 5.10 Å². The van der Waals surface area contributed by atoms with Crippen LogP contribution in [0.5, 0.6) is 0 Å². The lowest BCUT2D eigenvalue weighted by molar-refractivity contribution is -0.137. The van der Waals surface area contributed by atoms with Crippen molar-refractivity contribution in [1.29, 1.82) is 0 Å². The number of aliphatic carboxylic acids is 1. The third kappa shape index (κ3) is 4.58. The summed E-state index contributed by atoms with van der Waals surface area (Å²) in [7, 11) is 1.81. The highest BCUT2D eigenvalue weighted by atomic mass is 16.4. The topological polar surface area (TPSA) is 96.3 Å². The van der Waals surface area contributed by atoms with Crippen LogP contribution in [0.2, 0.25) is 0 Å². The third-order valence-electron chi connectivity index (χ3n) is 3.65. The lowest BCUT2D eigenvalue weighted by Gasteiger charge is -2.25. The highest BCUT2D eigenvalue weighted by molar-refractivity contribution is 5.93. The molecular weight excluding hydrogens is 308 g/mol. The van der Waals surface area contributed by atoms with E-state index in [1.807, 2.05) is 37.4 Å². The van der Waals surface area contributed by atoms with Crippen LogP contribution in [0.25, 0.3) is 11.3 Å². The third-order valence-corrected chi connectivity index (χ3v) is 3.65. The molecule has 7 nitrogen and oxygen atoms in total. The Kier molecular flexibility index (Phi) is 5.23. The van der Waals surface area contributed by atoms with Crippen molar-refractivity contribution in [3.63, 3.8) is 0 Å². The van der Waals surface area contributed by atoms with Crippen LogP contribution in [0.1, 0.15) is 26.7 Å². The normalized spacial score (nSPS) is 11.1. The molecule has 0 radical (unpaired) electrons. The molecule has 0 aliphatic carbocycles. The Bertz CT molecular complexity index is 723. The first-order valence-electron chi connectivity index (χ1n) is 7.67. The predicted molar refractivity (Wildman–Crippen MR) is 91.7 cm³/mol. The Balaban J connectivity index is 2.09. The second kappa shape index (κ2) is 7.16. The molecule has 128 valence electrons. The molecule has 0 unspecified atom stereocenters. The first-order chi connectivity index (χ1) is 11.3. The maximum Gasteiger partial charge on any atom is 0.319 e. The van der Waals surface area contributed by atoms with E-state index >= 15 is 0 Å². The van der Waals surface area contributed by atoms with Crippen LogP contribution >= 0.6 is 0 Å². The monoisotopic (exact) mass is 330 g/mol. The number of hydrogen-bond acceptors (Lipinski definition) is 3. The van der Waals surface area contributed by atoms with Gasteiger partial charge >= 0.3 is 12.0 Å². The van der Waals surface area contributed by atoms with Gasteiger partial charge in [0.1, 0.15) is 0 Å². The number of hydrogen-bond donors (Lipinski definition) is 3. The summed E-state index contributed by atoms with van der Waals surface area (Å²) in [6.07, 6.45) is 1.93. The summed E-state index contributed by atoms with van der Waals surface area (Å²) in [6.45, 7) is 3.58. The minimum atomic E-state index is -0.885. The highest BCUT2D eigenvalue weighted by Crippen LogP contribution is 2.27. The number of aromatic nitrogens is 2. The van der Waals surface area contributed by atoms with Gasteiger partial charge in [-0.3, -0.25) is 9.48 Å². The molecule has 24 heavy (non-hydrogen) atoms. The number of nitrogens with one attached hydrogen (secondary N) is 2. The Hall–Kier alpha value is -2.83. The molecule has 7 heteroatoms. The van der Waals surface area contributed by atoms with Crippen molar-refractivity contribution >= 4 is 17.7 Å².